The summed E-state index contributed by atoms with van der Waals surface area (Å²) < 4.78 is 42.0. The van der Waals surface area contributed by atoms with Crippen molar-refractivity contribution < 1.29 is 28.1 Å². The molecule has 4 rings (SSSR count). The highest BCUT2D eigenvalue weighted by molar-refractivity contribution is 5.61. The molecule has 1 atom stereocenters. The minimum absolute atomic E-state index is 0.0426. The van der Waals surface area contributed by atoms with Gasteiger partial charge in [0.1, 0.15) is 11.5 Å². The average molecular weight is 442 g/mol. The molecule has 0 spiro atoms. The third-order valence-electron chi connectivity index (χ3n) is 4.86. The highest BCUT2D eigenvalue weighted by atomic mass is 19.3. The van der Waals surface area contributed by atoms with Gasteiger partial charge in [0, 0.05) is 11.5 Å². The average Bonchev–Trinajstić information content (AvgIpc) is 3.25. The van der Waals surface area contributed by atoms with Crippen LogP contribution in [0.15, 0.2) is 60.9 Å². The molecular formula is C22H20F2N4O4. The first-order valence-electron chi connectivity index (χ1n) is 9.71. The zero-order chi connectivity index (χ0) is 22.5. The van der Waals surface area contributed by atoms with Gasteiger partial charge in [-0.1, -0.05) is 12.1 Å². The van der Waals surface area contributed by atoms with E-state index in [1.165, 1.54) is 24.5 Å². The van der Waals surface area contributed by atoms with Crippen LogP contribution in [0.3, 0.4) is 0 Å². The Balaban J connectivity index is 1.58. The van der Waals surface area contributed by atoms with Crippen LogP contribution < -0.4 is 14.2 Å². The van der Waals surface area contributed by atoms with Crippen molar-refractivity contribution in [1.82, 2.24) is 19.6 Å². The van der Waals surface area contributed by atoms with E-state index < -0.39 is 6.61 Å². The van der Waals surface area contributed by atoms with Crippen LogP contribution in [0.4, 0.5) is 8.78 Å². The maximum Gasteiger partial charge on any atom is 0.387 e. The molecule has 1 unspecified atom stereocenters. The van der Waals surface area contributed by atoms with E-state index >= 15 is 0 Å². The molecule has 10 heteroatoms. The molecule has 0 radical (unpaired) electrons. The van der Waals surface area contributed by atoms with E-state index in [4.69, 9.17) is 9.47 Å². The molecule has 0 aliphatic rings. The van der Waals surface area contributed by atoms with Gasteiger partial charge in [0.25, 0.3) is 0 Å². The van der Waals surface area contributed by atoms with E-state index in [0.29, 0.717) is 22.9 Å². The fourth-order valence-electron chi connectivity index (χ4n) is 3.21. The Hall–Kier alpha value is -3.79. The third kappa shape index (κ3) is 4.59. The third-order valence-corrected chi connectivity index (χ3v) is 4.86. The molecule has 4 aromatic rings. The van der Waals surface area contributed by atoms with E-state index in [1.807, 2.05) is 24.3 Å². The lowest BCUT2D eigenvalue weighted by Gasteiger charge is -2.17. The van der Waals surface area contributed by atoms with Gasteiger partial charge in [-0.05, 0) is 42.0 Å². The first-order chi connectivity index (χ1) is 15.6. The molecule has 0 aliphatic carbocycles. The van der Waals surface area contributed by atoms with Crippen LogP contribution >= 0.6 is 0 Å². The van der Waals surface area contributed by atoms with Gasteiger partial charge >= 0.3 is 6.61 Å². The molecule has 2 aromatic carbocycles. The lowest BCUT2D eigenvalue weighted by Crippen LogP contribution is -2.15. The van der Waals surface area contributed by atoms with Gasteiger partial charge in [-0.25, -0.2) is 4.40 Å². The number of halogens is 2. The number of fused-ring (bicyclic) bond motifs is 1. The second-order valence-electron chi connectivity index (χ2n) is 6.83. The van der Waals surface area contributed by atoms with Crippen molar-refractivity contribution >= 4 is 5.65 Å². The van der Waals surface area contributed by atoms with Crippen molar-refractivity contribution in [2.45, 2.75) is 12.5 Å². The Labute approximate surface area is 182 Å². The summed E-state index contributed by atoms with van der Waals surface area (Å²) >= 11 is 0. The summed E-state index contributed by atoms with van der Waals surface area (Å²) in [6.45, 7) is -2.83. The van der Waals surface area contributed by atoms with E-state index in [-0.39, 0.29) is 24.9 Å². The standard InChI is InChI=1S/C22H20F2N4O4/c1-30-17-6-2-14(3-7-17)16(12-29)13-31-20-11-25-10-19-26-27-21(28(19)20)15-4-8-18(9-5-15)32-22(23)24/h2-11,16,22,29H,12-13H2,1H3. The first kappa shape index (κ1) is 21.4. The van der Waals surface area contributed by atoms with E-state index in [2.05, 4.69) is 19.9 Å². The minimum atomic E-state index is -2.90. The van der Waals surface area contributed by atoms with Crippen molar-refractivity contribution in [3.8, 4) is 28.8 Å². The molecule has 0 saturated heterocycles. The summed E-state index contributed by atoms with van der Waals surface area (Å²) in [5, 5.41) is 18.1. The molecular weight excluding hydrogens is 422 g/mol. The molecule has 2 heterocycles. The van der Waals surface area contributed by atoms with Gasteiger partial charge in [0.05, 0.1) is 32.7 Å². The van der Waals surface area contributed by atoms with Crippen LogP contribution in [-0.4, -0.2) is 51.6 Å². The molecule has 0 fully saturated rings. The van der Waals surface area contributed by atoms with Crippen molar-refractivity contribution in [3.63, 3.8) is 0 Å². The zero-order valence-electron chi connectivity index (χ0n) is 17.1. The topological polar surface area (TPSA) is 91.0 Å². The van der Waals surface area contributed by atoms with E-state index in [1.54, 1.807) is 23.6 Å². The van der Waals surface area contributed by atoms with Crippen LogP contribution in [0, 0.1) is 0 Å². The number of aliphatic hydroxyl groups is 1. The monoisotopic (exact) mass is 442 g/mol. The van der Waals surface area contributed by atoms with Gasteiger partial charge in [-0.3, -0.25) is 4.98 Å². The van der Waals surface area contributed by atoms with Crippen molar-refractivity contribution in [2.75, 3.05) is 20.3 Å². The van der Waals surface area contributed by atoms with Crippen molar-refractivity contribution in [3.05, 3.63) is 66.5 Å². The molecule has 0 saturated carbocycles. The van der Waals surface area contributed by atoms with Gasteiger partial charge < -0.3 is 19.3 Å². The fraction of sp³-hybridized carbons (Fsp3) is 0.227. The number of benzene rings is 2. The predicted molar refractivity (Wildman–Crippen MR) is 111 cm³/mol. The zero-order valence-corrected chi connectivity index (χ0v) is 17.1. The smallest absolute Gasteiger partial charge is 0.387 e. The Kier molecular flexibility index (Phi) is 6.41. The number of aliphatic hydroxyl groups excluding tert-OH is 1. The quantitative estimate of drug-likeness (QED) is 0.424. The summed E-state index contributed by atoms with van der Waals surface area (Å²) in [4.78, 5) is 4.14. The molecule has 32 heavy (non-hydrogen) atoms. The fourth-order valence-corrected chi connectivity index (χ4v) is 3.21. The molecule has 166 valence electrons. The van der Waals surface area contributed by atoms with Gasteiger partial charge in [-0.15, -0.1) is 10.2 Å². The SMILES string of the molecule is COc1ccc(C(CO)COc2cncc3nnc(-c4ccc(OC(F)F)cc4)n23)cc1. The largest absolute Gasteiger partial charge is 0.497 e. The summed E-state index contributed by atoms with van der Waals surface area (Å²) in [5.41, 5.74) is 1.98. The normalized spacial score (nSPS) is 12.2. The number of rotatable bonds is 9. The minimum Gasteiger partial charge on any atom is -0.497 e. The summed E-state index contributed by atoms with van der Waals surface area (Å²) in [7, 11) is 1.59. The molecule has 0 bridgehead atoms. The van der Waals surface area contributed by atoms with Crippen LogP contribution in [0.1, 0.15) is 11.5 Å². The second-order valence-corrected chi connectivity index (χ2v) is 6.83. The molecule has 0 amide bonds. The molecule has 2 aromatic heterocycles. The number of aromatic nitrogens is 4. The van der Waals surface area contributed by atoms with E-state index in [0.717, 1.165) is 11.3 Å². The highest BCUT2D eigenvalue weighted by Gasteiger charge is 2.17. The molecule has 8 nitrogen and oxygen atoms in total. The lowest BCUT2D eigenvalue weighted by atomic mass is 10.0. The number of methoxy groups -OCH3 is 1. The Morgan fingerprint density at radius 3 is 2.34 bits per heavy atom. The number of hydrogen-bond acceptors (Lipinski definition) is 7. The summed E-state index contributed by atoms with van der Waals surface area (Å²) in [6.07, 6.45) is 3.06. The summed E-state index contributed by atoms with van der Waals surface area (Å²) in [6, 6.07) is 13.4. The number of nitrogens with zero attached hydrogens (tertiary/aromatic N) is 4. The maximum absolute atomic E-state index is 12.4. The number of hydrogen-bond donors (Lipinski definition) is 1. The van der Waals surface area contributed by atoms with Crippen LogP contribution in [0.2, 0.25) is 0 Å². The van der Waals surface area contributed by atoms with E-state index in [9.17, 15) is 13.9 Å². The van der Waals surface area contributed by atoms with Crippen LogP contribution in [0.25, 0.3) is 17.0 Å². The second kappa shape index (κ2) is 9.56. The first-order valence-corrected chi connectivity index (χ1v) is 9.71. The van der Waals surface area contributed by atoms with Crippen molar-refractivity contribution in [1.29, 1.82) is 0 Å². The highest BCUT2D eigenvalue weighted by Crippen LogP contribution is 2.27. The number of alkyl halides is 2. The Morgan fingerprint density at radius 1 is 0.969 bits per heavy atom. The van der Waals surface area contributed by atoms with Gasteiger partial charge in [0.15, 0.2) is 11.5 Å². The van der Waals surface area contributed by atoms with Crippen LogP contribution in [0.5, 0.6) is 17.4 Å². The van der Waals surface area contributed by atoms with Gasteiger partial charge in [-0.2, -0.15) is 8.78 Å². The number of ether oxygens (including phenoxy) is 3. The Bertz CT molecular complexity index is 1170. The lowest BCUT2D eigenvalue weighted by molar-refractivity contribution is -0.0498. The molecule has 0 aliphatic heterocycles. The van der Waals surface area contributed by atoms with Crippen LogP contribution in [-0.2, 0) is 0 Å². The van der Waals surface area contributed by atoms with Crippen molar-refractivity contribution in [2.24, 2.45) is 0 Å². The van der Waals surface area contributed by atoms with Gasteiger partial charge in [0.2, 0.25) is 5.88 Å². The summed E-state index contributed by atoms with van der Waals surface area (Å²) in [5.74, 6) is 1.32. The predicted octanol–water partition coefficient (Wildman–Crippen LogP) is 3.56. The maximum atomic E-state index is 12.4. The molecule has 1 N–H and O–H groups in total. The Morgan fingerprint density at radius 2 is 1.69 bits per heavy atom.